The van der Waals surface area contributed by atoms with Gasteiger partial charge in [-0.05, 0) is 24.6 Å². The average Bonchev–Trinajstić information content (AvgIpc) is 2.37. The number of nitrogens with one attached hydrogen (secondary N) is 1. The number of carboxylic acid groups (broad SMARTS) is 1. The summed E-state index contributed by atoms with van der Waals surface area (Å²) in [7, 11) is 0. The molecule has 2 N–H and O–H groups in total. The molecule has 9 heteroatoms. The number of ether oxygens (including phenoxy) is 1. The zero-order chi connectivity index (χ0) is 16.8. The largest absolute Gasteiger partial charge is 0.573 e. The third kappa shape index (κ3) is 7.21. The maximum absolute atomic E-state index is 12.0. The van der Waals surface area contributed by atoms with Crippen LogP contribution in [-0.2, 0) is 9.59 Å². The van der Waals surface area contributed by atoms with Crippen LogP contribution in [0, 0.1) is 0 Å². The molecule has 0 aliphatic rings. The van der Waals surface area contributed by atoms with Gasteiger partial charge < -0.3 is 15.2 Å². The van der Waals surface area contributed by atoms with E-state index in [0.29, 0.717) is 5.56 Å². The van der Waals surface area contributed by atoms with Crippen molar-refractivity contribution in [1.82, 2.24) is 5.32 Å². The predicted octanol–water partition coefficient (Wildman–Crippen LogP) is 2.58. The van der Waals surface area contributed by atoms with Gasteiger partial charge in [0, 0.05) is 0 Å². The predicted molar refractivity (Wildman–Crippen MR) is 74.6 cm³/mol. The number of rotatable bonds is 7. The maximum Gasteiger partial charge on any atom is 0.573 e. The fourth-order valence-electron chi connectivity index (χ4n) is 1.56. The molecule has 1 atom stereocenters. The van der Waals surface area contributed by atoms with Crippen molar-refractivity contribution in [2.24, 2.45) is 0 Å². The molecule has 5 nitrogen and oxygen atoms in total. The Balaban J connectivity index is 2.50. The van der Waals surface area contributed by atoms with E-state index in [2.05, 4.69) is 10.1 Å². The first-order chi connectivity index (χ1) is 10.2. The van der Waals surface area contributed by atoms with Crippen molar-refractivity contribution in [2.75, 3.05) is 11.5 Å². The molecular weight excluding hydrogens is 323 g/mol. The lowest BCUT2D eigenvalue weighted by atomic mass is 10.1. The summed E-state index contributed by atoms with van der Waals surface area (Å²) in [6.45, 7) is 1.67. The van der Waals surface area contributed by atoms with Crippen LogP contribution in [0.2, 0.25) is 0 Å². The van der Waals surface area contributed by atoms with E-state index in [-0.39, 0.29) is 23.2 Å². The van der Waals surface area contributed by atoms with E-state index in [9.17, 15) is 22.8 Å². The molecule has 0 heterocycles. The first kappa shape index (κ1) is 18.1. The number of alkyl halides is 3. The second-order valence-corrected chi connectivity index (χ2v) is 5.28. The van der Waals surface area contributed by atoms with Gasteiger partial charge in [0.1, 0.15) is 5.75 Å². The van der Waals surface area contributed by atoms with Crippen molar-refractivity contribution in [3.8, 4) is 5.75 Å². The van der Waals surface area contributed by atoms with Crippen LogP contribution in [0.15, 0.2) is 24.3 Å². The Morgan fingerprint density at radius 1 is 1.27 bits per heavy atom. The Hall–Kier alpha value is -1.90. The minimum atomic E-state index is -4.75. The van der Waals surface area contributed by atoms with Crippen LogP contribution in [0.5, 0.6) is 5.75 Å². The molecule has 1 aromatic carbocycles. The summed E-state index contributed by atoms with van der Waals surface area (Å²) in [5.41, 5.74) is 0.603. The molecule has 122 valence electrons. The van der Waals surface area contributed by atoms with Crippen LogP contribution in [-0.4, -0.2) is 34.9 Å². The van der Waals surface area contributed by atoms with Gasteiger partial charge in [-0.3, -0.25) is 9.59 Å². The van der Waals surface area contributed by atoms with Gasteiger partial charge in [-0.15, -0.1) is 24.9 Å². The number of carboxylic acids is 1. The summed E-state index contributed by atoms with van der Waals surface area (Å²) in [6.07, 6.45) is -4.75. The average molecular weight is 337 g/mol. The third-order valence-electron chi connectivity index (χ3n) is 2.45. The summed E-state index contributed by atoms with van der Waals surface area (Å²) >= 11 is 0.959. The highest BCUT2D eigenvalue weighted by Gasteiger charge is 2.31. The lowest BCUT2D eigenvalue weighted by Gasteiger charge is -2.15. The molecule has 1 amide bonds. The van der Waals surface area contributed by atoms with E-state index in [1.165, 1.54) is 12.1 Å². The third-order valence-corrected chi connectivity index (χ3v) is 3.37. The monoisotopic (exact) mass is 337 g/mol. The van der Waals surface area contributed by atoms with Crippen LogP contribution in [0.3, 0.4) is 0 Å². The molecule has 22 heavy (non-hydrogen) atoms. The van der Waals surface area contributed by atoms with Gasteiger partial charge in [-0.25, -0.2) is 0 Å². The van der Waals surface area contributed by atoms with Crippen LogP contribution in [0.4, 0.5) is 13.2 Å². The van der Waals surface area contributed by atoms with Gasteiger partial charge in [0.15, 0.2) is 0 Å². The van der Waals surface area contributed by atoms with Gasteiger partial charge in [0.2, 0.25) is 5.91 Å². The maximum atomic E-state index is 12.0. The molecule has 0 aliphatic carbocycles. The molecular formula is C13H14F3NO4S. The Morgan fingerprint density at radius 3 is 2.36 bits per heavy atom. The highest BCUT2D eigenvalue weighted by molar-refractivity contribution is 8.00. The van der Waals surface area contributed by atoms with Crippen LogP contribution in [0.1, 0.15) is 18.5 Å². The first-order valence-corrected chi connectivity index (χ1v) is 7.27. The molecule has 0 saturated heterocycles. The fraction of sp³-hybridized carbons (Fsp3) is 0.385. The van der Waals surface area contributed by atoms with Crippen molar-refractivity contribution < 1.29 is 32.6 Å². The van der Waals surface area contributed by atoms with Gasteiger partial charge >= 0.3 is 12.3 Å². The van der Waals surface area contributed by atoms with E-state index in [0.717, 1.165) is 23.9 Å². The SMILES string of the molecule is C[C@H](NC(=O)CSCC(=O)O)c1ccc(OC(F)(F)F)cc1. The number of carbonyl (C=O) groups excluding carboxylic acids is 1. The summed E-state index contributed by atoms with van der Waals surface area (Å²) in [5, 5.41) is 11.1. The molecule has 0 saturated carbocycles. The molecule has 0 fully saturated rings. The highest BCUT2D eigenvalue weighted by Crippen LogP contribution is 2.24. The van der Waals surface area contributed by atoms with Crippen LogP contribution >= 0.6 is 11.8 Å². The van der Waals surface area contributed by atoms with Gasteiger partial charge in [0.05, 0.1) is 17.5 Å². The second kappa shape index (κ2) is 7.92. The first-order valence-electron chi connectivity index (χ1n) is 6.12. The molecule has 0 aliphatic heterocycles. The number of amides is 1. The highest BCUT2D eigenvalue weighted by atomic mass is 32.2. The number of thioether (sulfide) groups is 1. The van der Waals surface area contributed by atoms with Crippen molar-refractivity contribution in [2.45, 2.75) is 19.3 Å². The molecule has 0 radical (unpaired) electrons. The fourth-order valence-corrected chi connectivity index (χ4v) is 2.10. The Labute approximate surface area is 128 Å². The quantitative estimate of drug-likeness (QED) is 0.800. The van der Waals surface area contributed by atoms with E-state index in [1.807, 2.05) is 0 Å². The summed E-state index contributed by atoms with van der Waals surface area (Å²) < 4.78 is 39.8. The number of halogens is 3. The second-order valence-electron chi connectivity index (χ2n) is 4.29. The van der Waals surface area contributed by atoms with E-state index < -0.39 is 18.4 Å². The minimum absolute atomic E-state index is 0.00803. The van der Waals surface area contributed by atoms with Gasteiger partial charge in [-0.2, -0.15) is 0 Å². The Bertz CT molecular complexity index is 519. The summed E-state index contributed by atoms with van der Waals surface area (Å²) in [4.78, 5) is 21.9. The number of benzene rings is 1. The van der Waals surface area contributed by atoms with Crippen molar-refractivity contribution in [1.29, 1.82) is 0 Å². The number of hydrogen-bond acceptors (Lipinski definition) is 4. The van der Waals surface area contributed by atoms with Crippen molar-refractivity contribution >= 4 is 23.6 Å². The van der Waals surface area contributed by atoms with Crippen molar-refractivity contribution in [3.05, 3.63) is 29.8 Å². The Morgan fingerprint density at radius 2 is 1.86 bits per heavy atom. The van der Waals surface area contributed by atoms with E-state index >= 15 is 0 Å². The molecule has 1 rings (SSSR count). The molecule has 1 aromatic rings. The minimum Gasteiger partial charge on any atom is -0.481 e. The smallest absolute Gasteiger partial charge is 0.481 e. The number of aliphatic carboxylic acids is 1. The zero-order valence-corrected chi connectivity index (χ0v) is 12.3. The topological polar surface area (TPSA) is 75.6 Å². The van der Waals surface area contributed by atoms with Crippen molar-refractivity contribution in [3.63, 3.8) is 0 Å². The number of carbonyl (C=O) groups is 2. The lowest BCUT2D eigenvalue weighted by molar-refractivity contribution is -0.274. The van der Waals surface area contributed by atoms with Crippen LogP contribution < -0.4 is 10.1 Å². The molecule has 0 spiro atoms. The lowest BCUT2D eigenvalue weighted by Crippen LogP contribution is -2.28. The van der Waals surface area contributed by atoms with Gasteiger partial charge in [0.25, 0.3) is 0 Å². The van der Waals surface area contributed by atoms with Gasteiger partial charge in [-0.1, -0.05) is 12.1 Å². The van der Waals surface area contributed by atoms with Crippen LogP contribution in [0.25, 0.3) is 0 Å². The van der Waals surface area contributed by atoms with E-state index in [4.69, 9.17) is 5.11 Å². The number of hydrogen-bond donors (Lipinski definition) is 2. The molecule has 0 unspecified atom stereocenters. The summed E-state index contributed by atoms with van der Waals surface area (Å²) in [5.74, 6) is -1.88. The normalized spacial score (nSPS) is 12.5. The zero-order valence-electron chi connectivity index (χ0n) is 11.5. The molecule has 0 bridgehead atoms. The molecule has 0 aromatic heterocycles. The van der Waals surface area contributed by atoms with E-state index in [1.54, 1.807) is 6.92 Å². The Kier molecular flexibility index (Phi) is 6.54. The summed E-state index contributed by atoms with van der Waals surface area (Å²) in [6, 6.07) is 4.72. The standard InChI is InChI=1S/C13H14F3NO4S/c1-8(17-11(18)6-22-7-12(19)20)9-2-4-10(5-3-9)21-13(14,15)16/h2-5,8H,6-7H2,1H3,(H,17,18)(H,19,20)/t8-/m0/s1.